The van der Waals surface area contributed by atoms with E-state index < -0.39 is 5.41 Å². The Morgan fingerprint density at radius 1 is 0.295 bits per heavy atom. The third-order valence-electron chi connectivity index (χ3n) is 12.8. The van der Waals surface area contributed by atoms with E-state index >= 15 is 0 Å². The van der Waals surface area contributed by atoms with E-state index in [-0.39, 0.29) is 0 Å². The molecule has 0 radical (unpaired) electrons. The summed E-state index contributed by atoms with van der Waals surface area (Å²) in [5.74, 6) is 0. The largest absolute Gasteiger partial charge is 0.310 e. The minimum atomic E-state index is -0.643. The average Bonchev–Trinajstić information content (AvgIpc) is 3.82. The van der Waals surface area contributed by atoms with Gasteiger partial charge < -0.3 is 9.80 Å². The smallest absolute Gasteiger partial charge is 0.0747 e. The van der Waals surface area contributed by atoms with Gasteiger partial charge in [0.25, 0.3) is 0 Å². The van der Waals surface area contributed by atoms with E-state index in [0.29, 0.717) is 0 Å². The summed E-state index contributed by atoms with van der Waals surface area (Å²) in [7, 11) is 0. The van der Waals surface area contributed by atoms with Crippen molar-refractivity contribution in [3.63, 3.8) is 0 Å². The lowest BCUT2D eigenvalue weighted by Crippen LogP contribution is -2.28. The summed E-state index contributed by atoms with van der Waals surface area (Å²) in [5, 5.41) is 2.47. The summed E-state index contributed by atoms with van der Waals surface area (Å²) in [4.78, 5) is 4.94. The molecule has 0 aromatic heterocycles. The maximum atomic E-state index is 2.51. The van der Waals surface area contributed by atoms with Gasteiger partial charge in [0, 0.05) is 33.9 Å². The Kier molecular flexibility index (Phi) is 8.11. The van der Waals surface area contributed by atoms with Crippen LogP contribution < -0.4 is 9.80 Å². The highest BCUT2D eigenvalue weighted by Crippen LogP contribution is 2.68. The highest BCUT2D eigenvalue weighted by molar-refractivity contribution is 6.11. The number of hydrogen-bond donors (Lipinski definition) is 0. The van der Waals surface area contributed by atoms with Gasteiger partial charge in [-0.05, 0) is 116 Å². The van der Waals surface area contributed by atoms with Crippen LogP contribution >= 0.6 is 0 Å². The Labute approximate surface area is 356 Å². The molecule has 0 saturated heterocycles. The third kappa shape index (κ3) is 5.29. The molecule has 10 aromatic carbocycles. The average molecular weight is 777 g/mol. The molecule has 0 bridgehead atoms. The van der Waals surface area contributed by atoms with Crippen molar-refractivity contribution in [3.05, 3.63) is 265 Å². The molecule has 1 unspecified atom stereocenters. The summed E-state index contributed by atoms with van der Waals surface area (Å²) in [6.45, 7) is 0. The van der Waals surface area contributed by atoms with Crippen LogP contribution in [0.5, 0.6) is 0 Å². The molecule has 2 aliphatic carbocycles. The molecule has 2 aliphatic rings. The molecule has 12 rings (SSSR count). The van der Waals surface area contributed by atoms with E-state index in [4.69, 9.17) is 0 Å². The van der Waals surface area contributed by atoms with Crippen LogP contribution in [0.25, 0.3) is 44.2 Å². The molecule has 10 aromatic rings. The fourth-order valence-corrected chi connectivity index (χ4v) is 10.4. The van der Waals surface area contributed by atoms with Crippen LogP contribution in [-0.4, -0.2) is 0 Å². The monoisotopic (exact) mass is 776 g/mol. The molecule has 1 atom stereocenters. The van der Waals surface area contributed by atoms with E-state index in [9.17, 15) is 0 Å². The third-order valence-corrected chi connectivity index (χ3v) is 12.8. The van der Waals surface area contributed by atoms with E-state index in [1.807, 2.05) is 0 Å². The summed E-state index contributed by atoms with van der Waals surface area (Å²) in [6, 6.07) is 89.1. The standard InChI is InChI=1S/C59H40N2/c1-5-21-41(22-6-1)42-24-19-31-47(39-42)61(46-29-11-4-12-30-46)55-40-43-23-13-14-32-48(43)56-49-33-15-17-35-51(49)59(58(55)56)52-36-18-16-34-50(52)57-53(59)37-20-38-54(57)60(44-25-7-2-8-26-44)45-27-9-3-10-28-45/h1-40H. The molecule has 0 N–H and O–H groups in total. The zero-order chi connectivity index (χ0) is 40.3. The number of rotatable bonds is 7. The Balaban J connectivity index is 1.22. The van der Waals surface area contributed by atoms with Gasteiger partial charge in [0.15, 0.2) is 0 Å². The van der Waals surface area contributed by atoms with Crippen molar-refractivity contribution < 1.29 is 0 Å². The van der Waals surface area contributed by atoms with Crippen molar-refractivity contribution in [1.82, 2.24) is 0 Å². The molecule has 1 spiro atoms. The number of fused-ring (bicyclic) bond motifs is 12. The molecule has 0 amide bonds. The molecule has 2 heteroatoms. The first-order valence-corrected chi connectivity index (χ1v) is 21.1. The van der Waals surface area contributed by atoms with E-state index in [1.54, 1.807) is 0 Å². The maximum absolute atomic E-state index is 2.51. The van der Waals surface area contributed by atoms with Crippen LogP contribution in [0.3, 0.4) is 0 Å². The van der Waals surface area contributed by atoms with Crippen molar-refractivity contribution in [2.75, 3.05) is 9.80 Å². The van der Waals surface area contributed by atoms with Crippen molar-refractivity contribution in [3.8, 4) is 33.4 Å². The lowest BCUT2D eigenvalue weighted by Gasteiger charge is -2.36. The zero-order valence-electron chi connectivity index (χ0n) is 33.5. The quantitative estimate of drug-likeness (QED) is 0.159. The fraction of sp³-hybridized carbons (Fsp3) is 0.0169. The number of hydrogen-bond acceptors (Lipinski definition) is 2. The minimum absolute atomic E-state index is 0.643. The molecule has 0 aliphatic heterocycles. The predicted molar refractivity (Wildman–Crippen MR) is 255 cm³/mol. The topological polar surface area (TPSA) is 6.48 Å². The van der Waals surface area contributed by atoms with Crippen LogP contribution in [0.4, 0.5) is 34.1 Å². The second-order valence-electron chi connectivity index (χ2n) is 16.0. The summed E-state index contributed by atoms with van der Waals surface area (Å²) in [5.41, 5.74) is 18.8. The number of anilines is 6. The van der Waals surface area contributed by atoms with Crippen molar-refractivity contribution in [2.45, 2.75) is 5.41 Å². The lowest BCUT2D eigenvalue weighted by atomic mass is 9.69. The predicted octanol–water partition coefficient (Wildman–Crippen LogP) is 15.8. The first kappa shape index (κ1) is 35.0. The van der Waals surface area contributed by atoms with Gasteiger partial charge in [0.2, 0.25) is 0 Å². The van der Waals surface area contributed by atoms with Crippen LogP contribution in [0.1, 0.15) is 22.3 Å². The van der Waals surface area contributed by atoms with E-state index in [0.717, 1.165) is 34.1 Å². The van der Waals surface area contributed by atoms with Gasteiger partial charge in [0.1, 0.15) is 0 Å². The Morgan fingerprint density at radius 3 is 1.39 bits per heavy atom. The Bertz CT molecular complexity index is 3210. The second-order valence-corrected chi connectivity index (χ2v) is 16.0. The number of nitrogens with zero attached hydrogens (tertiary/aromatic N) is 2. The molecule has 0 heterocycles. The minimum Gasteiger partial charge on any atom is -0.310 e. The summed E-state index contributed by atoms with van der Waals surface area (Å²) >= 11 is 0. The molecular formula is C59H40N2. The van der Waals surface area contributed by atoms with Crippen LogP contribution in [0.2, 0.25) is 0 Å². The van der Waals surface area contributed by atoms with Gasteiger partial charge in [-0.2, -0.15) is 0 Å². The van der Waals surface area contributed by atoms with Crippen LogP contribution in [-0.2, 0) is 5.41 Å². The fourth-order valence-electron chi connectivity index (χ4n) is 10.4. The zero-order valence-corrected chi connectivity index (χ0v) is 33.5. The number of benzene rings is 10. The molecular weight excluding hydrogens is 737 g/mol. The van der Waals surface area contributed by atoms with Crippen LogP contribution in [0, 0.1) is 0 Å². The molecule has 0 fully saturated rings. The number of para-hydroxylation sites is 3. The van der Waals surface area contributed by atoms with Crippen molar-refractivity contribution in [2.24, 2.45) is 0 Å². The summed E-state index contributed by atoms with van der Waals surface area (Å²) in [6.07, 6.45) is 0. The highest BCUT2D eigenvalue weighted by atomic mass is 15.2. The lowest BCUT2D eigenvalue weighted by molar-refractivity contribution is 0.793. The van der Waals surface area contributed by atoms with Crippen molar-refractivity contribution >= 4 is 44.9 Å². The Morgan fingerprint density at radius 2 is 0.754 bits per heavy atom. The first-order chi connectivity index (χ1) is 30.3. The van der Waals surface area contributed by atoms with Gasteiger partial charge in [0.05, 0.1) is 16.8 Å². The molecule has 0 saturated carbocycles. The Hall–Kier alpha value is -7.94. The van der Waals surface area contributed by atoms with Crippen molar-refractivity contribution in [1.29, 1.82) is 0 Å². The maximum Gasteiger partial charge on any atom is 0.0747 e. The van der Waals surface area contributed by atoms with E-state index in [2.05, 4.69) is 252 Å². The SMILES string of the molecule is c1ccc(-c2cccc(N(c3ccccc3)c3cc4ccccc4c4c3C3(c5ccccc5-c5c(N(c6ccccc6)c6ccccc6)cccc53)c3ccccc3-4)c2)cc1. The van der Waals surface area contributed by atoms with E-state index in [1.165, 1.54) is 66.4 Å². The molecule has 61 heavy (non-hydrogen) atoms. The van der Waals surface area contributed by atoms with Gasteiger partial charge in [-0.25, -0.2) is 0 Å². The van der Waals surface area contributed by atoms with Crippen LogP contribution in [0.15, 0.2) is 243 Å². The van der Waals surface area contributed by atoms with Gasteiger partial charge in [-0.1, -0.05) is 182 Å². The second kappa shape index (κ2) is 14.1. The molecule has 2 nitrogen and oxygen atoms in total. The normalized spacial score (nSPS) is 14.3. The highest BCUT2D eigenvalue weighted by Gasteiger charge is 2.54. The van der Waals surface area contributed by atoms with Gasteiger partial charge >= 0.3 is 0 Å². The first-order valence-electron chi connectivity index (χ1n) is 21.1. The summed E-state index contributed by atoms with van der Waals surface area (Å²) < 4.78 is 0. The van der Waals surface area contributed by atoms with Gasteiger partial charge in [-0.3, -0.25) is 0 Å². The van der Waals surface area contributed by atoms with Gasteiger partial charge in [-0.15, -0.1) is 0 Å². The molecule has 286 valence electrons.